The molecular formula is C14H14N2O7S. The predicted molar refractivity (Wildman–Crippen MR) is 79.7 cm³/mol. The molecule has 1 aromatic rings. The van der Waals surface area contributed by atoms with Gasteiger partial charge in [0.2, 0.25) is 5.91 Å². The number of fused-ring (bicyclic) bond motifs is 1. The maximum Gasteiger partial charge on any atom is 0.327 e. The van der Waals surface area contributed by atoms with Crippen LogP contribution in [0.5, 0.6) is 5.75 Å². The fourth-order valence-electron chi connectivity index (χ4n) is 2.80. The van der Waals surface area contributed by atoms with Crippen molar-refractivity contribution in [2.24, 2.45) is 0 Å². The van der Waals surface area contributed by atoms with Gasteiger partial charge in [-0.05, 0) is 12.1 Å². The minimum Gasteiger partial charge on any atom is -0.484 e. The number of amides is 2. The number of carboxylic acid groups (broad SMARTS) is 1. The Balaban J connectivity index is 1.63. The van der Waals surface area contributed by atoms with E-state index in [9.17, 15) is 22.8 Å². The van der Waals surface area contributed by atoms with E-state index >= 15 is 0 Å². The molecule has 2 aliphatic heterocycles. The van der Waals surface area contributed by atoms with Gasteiger partial charge in [0.1, 0.15) is 17.8 Å². The molecule has 2 unspecified atom stereocenters. The number of carboxylic acids is 1. The summed E-state index contributed by atoms with van der Waals surface area (Å²) in [4.78, 5) is 35.7. The number of hydrogen-bond acceptors (Lipinski definition) is 6. The molecule has 2 heterocycles. The lowest BCUT2D eigenvalue weighted by atomic mass is 10.0. The van der Waals surface area contributed by atoms with Crippen LogP contribution in [0.3, 0.4) is 0 Å². The average molecular weight is 354 g/mol. The molecule has 2 amide bonds. The second kappa shape index (κ2) is 5.78. The molecule has 10 heteroatoms. The van der Waals surface area contributed by atoms with Crippen molar-refractivity contribution in [3.8, 4) is 5.75 Å². The van der Waals surface area contributed by atoms with Crippen molar-refractivity contribution in [2.75, 3.05) is 12.4 Å². The first-order valence-electron chi connectivity index (χ1n) is 7.05. The van der Waals surface area contributed by atoms with Gasteiger partial charge in [0, 0.05) is 0 Å². The van der Waals surface area contributed by atoms with Crippen molar-refractivity contribution >= 4 is 27.6 Å². The predicted octanol–water partition coefficient (Wildman–Crippen LogP) is -1.40. The van der Waals surface area contributed by atoms with Crippen LogP contribution >= 0.6 is 0 Å². The van der Waals surface area contributed by atoms with E-state index in [1.165, 1.54) is 0 Å². The van der Waals surface area contributed by atoms with Crippen LogP contribution in [-0.2, 0) is 24.2 Å². The number of ether oxygens (including phenoxy) is 1. The molecule has 3 rings (SSSR count). The van der Waals surface area contributed by atoms with Crippen molar-refractivity contribution in [1.29, 1.82) is 0 Å². The minimum absolute atomic E-state index is 0.386. The van der Waals surface area contributed by atoms with E-state index in [1.54, 1.807) is 30.3 Å². The number of sulfone groups is 1. The first kappa shape index (κ1) is 16.2. The summed E-state index contributed by atoms with van der Waals surface area (Å²) >= 11 is 0. The first-order chi connectivity index (χ1) is 11.3. The second-order valence-corrected chi connectivity index (χ2v) is 7.61. The Morgan fingerprint density at radius 3 is 2.58 bits per heavy atom. The van der Waals surface area contributed by atoms with Gasteiger partial charge >= 0.3 is 5.97 Å². The van der Waals surface area contributed by atoms with Crippen LogP contribution in [0.25, 0.3) is 0 Å². The number of benzene rings is 1. The molecular weight excluding hydrogens is 340 g/mol. The number of para-hydroxylation sites is 1. The van der Waals surface area contributed by atoms with Crippen LogP contribution < -0.4 is 10.1 Å². The highest BCUT2D eigenvalue weighted by molar-refractivity contribution is 7.92. The average Bonchev–Trinajstić information content (AvgIpc) is 2.80. The van der Waals surface area contributed by atoms with Crippen molar-refractivity contribution in [1.82, 2.24) is 10.2 Å². The molecule has 2 fully saturated rings. The van der Waals surface area contributed by atoms with E-state index in [-0.39, 0.29) is 6.61 Å². The fraction of sp³-hybridized carbons (Fsp3) is 0.357. The quantitative estimate of drug-likeness (QED) is 0.622. The number of aliphatic carboxylic acids is 1. The van der Waals surface area contributed by atoms with Crippen LogP contribution in [-0.4, -0.2) is 66.0 Å². The van der Waals surface area contributed by atoms with Crippen molar-refractivity contribution < 1.29 is 32.6 Å². The summed E-state index contributed by atoms with van der Waals surface area (Å²) in [6.45, 7) is -0.386. The monoisotopic (exact) mass is 354 g/mol. The number of nitrogens with one attached hydrogen (secondary N) is 1. The number of rotatable bonds is 5. The Kier molecular flexibility index (Phi) is 3.91. The van der Waals surface area contributed by atoms with E-state index in [4.69, 9.17) is 9.84 Å². The molecule has 2 aliphatic rings. The summed E-state index contributed by atoms with van der Waals surface area (Å²) in [5.41, 5.74) is 0. The van der Waals surface area contributed by atoms with Crippen molar-refractivity contribution in [3.05, 3.63) is 30.3 Å². The zero-order chi connectivity index (χ0) is 17.5. The normalized spacial score (nSPS) is 27.1. The Labute approximate surface area is 137 Å². The Hall–Kier alpha value is -2.62. The molecule has 1 aromatic carbocycles. The Morgan fingerprint density at radius 2 is 1.96 bits per heavy atom. The second-order valence-electron chi connectivity index (χ2n) is 5.47. The Bertz CT molecular complexity index is 793. The highest BCUT2D eigenvalue weighted by Crippen LogP contribution is 2.35. The summed E-state index contributed by atoms with van der Waals surface area (Å²) in [5.74, 6) is -2.96. The van der Waals surface area contributed by atoms with Crippen LogP contribution in [0.15, 0.2) is 30.3 Å². The topological polar surface area (TPSA) is 130 Å². The SMILES string of the molecule is O=C(COc1ccccc1)NC1C(=O)N2C(C(=O)O)CS(=O)(=O)[C@H]12. The van der Waals surface area contributed by atoms with Gasteiger partial charge in [-0.25, -0.2) is 13.2 Å². The van der Waals surface area contributed by atoms with Gasteiger partial charge in [-0.3, -0.25) is 9.59 Å². The Morgan fingerprint density at radius 1 is 1.29 bits per heavy atom. The maximum atomic E-state index is 12.0. The van der Waals surface area contributed by atoms with Gasteiger partial charge in [0.15, 0.2) is 21.8 Å². The van der Waals surface area contributed by atoms with Gasteiger partial charge < -0.3 is 20.1 Å². The molecule has 0 aliphatic carbocycles. The van der Waals surface area contributed by atoms with Gasteiger partial charge in [-0.2, -0.15) is 0 Å². The third-order valence-electron chi connectivity index (χ3n) is 3.89. The third kappa shape index (κ3) is 2.68. The molecule has 9 nitrogen and oxygen atoms in total. The summed E-state index contributed by atoms with van der Waals surface area (Å²) in [7, 11) is -3.81. The summed E-state index contributed by atoms with van der Waals surface area (Å²) in [6, 6.07) is 5.82. The zero-order valence-corrected chi connectivity index (χ0v) is 13.1. The first-order valence-corrected chi connectivity index (χ1v) is 8.76. The lowest BCUT2D eigenvalue weighted by Gasteiger charge is -2.42. The van der Waals surface area contributed by atoms with Crippen LogP contribution in [0.2, 0.25) is 0 Å². The highest BCUT2D eigenvalue weighted by Gasteiger charge is 2.64. The smallest absolute Gasteiger partial charge is 0.327 e. The van der Waals surface area contributed by atoms with E-state index < -0.39 is 50.8 Å². The standard InChI is InChI=1S/C14H14N2O7S/c17-10(6-23-8-4-2-1-3-5-8)15-11-12(18)16-9(14(19)20)7-24(21,22)13(11)16/h1-5,9,11,13H,6-7H2,(H,15,17)(H,19,20)/t9?,11?,13-/m1/s1. The number of β-lactam (4-membered cyclic amide) rings is 1. The third-order valence-corrected chi connectivity index (χ3v) is 5.90. The molecule has 128 valence electrons. The van der Waals surface area contributed by atoms with E-state index in [0.29, 0.717) is 5.75 Å². The fourth-order valence-corrected chi connectivity index (χ4v) is 4.94. The lowest BCUT2D eigenvalue weighted by molar-refractivity contribution is -0.159. The number of hydrogen-bond donors (Lipinski definition) is 2. The van der Waals surface area contributed by atoms with Crippen LogP contribution in [0, 0.1) is 0 Å². The maximum absolute atomic E-state index is 12.0. The summed E-state index contributed by atoms with van der Waals surface area (Å²) in [5, 5.41) is 9.97. The molecule has 0 aromatic heterocycles. The molecule has 2 N–H and O–H groups in total. The van der Waals surface area contributed by atoms with Crippen LogP contribution in [0.4, 0.5) is 0 Å². The van der Waals surface area contributed by atoms with Gasteiger partial charge in [-0.1, -0.05) is 18.2 Å². The van der Waals surface area contributed by atoms with Gasteiger partial charge in [0.25, 0.3) is 5.91 Å². The molecule has 0 saturated carbocycles. The minimum atomic E-state index is -3.81. The molecule has 0 spiro atoms. The zero-order valence-electron chi connectivity index (χ0n) is 12.3. The van der Waals surface area contributed by atoms with E-state index in [0.717, 1.165) is 4.90 Å². The van der Waals surface area contributed by atoms with Crippen molar-refractivity contribution in [2.45, 2.75) is 17.5 Å². The molecule has 24 heavy (non-hydrogen) atoms. The van der Waals surface area contributed by atoms with E-state index in [1.807, 2.05) is 0 Å². The summed E-state index contributed by atoms with van der Waals surface area (Å²) < 4.78 is 29.2. The van der Waals surface area contributed by atoms with Crippen LogP contribution in [0.1, 0.15) is 0 Å². The summed E-state index contributed by atoms with van der Waals surface area (Å²) in [6.07, 6.45) is 0. The molecule has 2 saturated heterocycles. The molecule has 0 bridgehead atoms. The number of carbonyl (C=O) groups is 3. The lowest BCUT2D eigenvalue weighted by Crippen LogP contribution is -2.72. The largest absolute Gasteiger partial charge is 0.484 e. The van der Waals surface area contributed by atoms with Gasteiger partial charge in [0.05, 0.1) is 5.75 Å². The highest BCUT2D eigenvalue weighted by atomic mass is 32.2. The number of nitrogens with zero attached hydrogens (tertiary/aromatic N) is 1. The van der Waals surface area contributed by atoms with E-state index in [2.05, 4.69) is 5.32 Å². The molecule has 0 radical (unpaired) electrons. The van der Waals surface area contributed by atoms with Crippen molar-refractivity contribution in [3.63, 3.8) is 0 Å². The molecule has 3 atom stereocenters. The number of carbonyl (C=O) groups excluding carboxylic acids is 2. The van der Waals surface area contributed by atoms with Gasteiger partial charge in [-0.15, -0.1) is 0 Å².